The van der Waals surface area contributed by atoms with Crippen molar-refractivity contribution >= 4 is 5.97 Å². The number of nitrogens with zero attached hydrogens (tertiary/aromatic N) is 2. The fourth-order valence-electron chi connectivity index (χ4n) is 1.42. The SMILES string of the molecule is C=CCC(=O)Oc1cnc(-c2ccc(O)cc2)nc1. The lowest BCUT2D eigenvalue weighted by Crippen LogP contribution is -2.06. The van der Waals surface area contributed by atoms with Crippen molar-refractivity contribution in [3.8, 4) is 22.9 Å². The third-order valence-corrected chi connectivity index (χ3v) is 2.30. The molecule has 19 heavy (non-hydrogen) atoms. The second kappa shape index (κ2) is 5.77. The molecule has 0 radical (unpaired) electrons. The average molecular weight is 256 g/mol. The van der Waals surface area contributed by atoms with Crippen molar-refractivity contribution in [1.29, 1.82) is 0 Å². The lowest BCUT2D eigenvalue weighted by atomic mass is 10.2. The Hall–Kier alpha value is -2.69. The van der Waals surface area contributed by atoms with Gasteiger partial charge < -0.3 is 9.84 Å². The van der Waals surface area contributed by atoms with E-state index in [2.05, 4.69) is 16.5 Å². The van der Waals surface area contributed by atoms with E-state index in [0.29, 0.717) is 5.82 Å². The summed E-state index contributed by atoms with van der Waals surface area (Å²) in [7, 11) is 0. The van der Waals surface area contributed by atoms with E-state index < -0.39 is 5.97 Å². The third kappa shape index (κ3) is 3.38. The van der Waals surface area contributed by atoms with Crippen molar-refractivity contribution in [3.05, 3.63) is 49.3 Å². The summed E-state index contributed by atoms with van der Waals surface area (Å²) in [4.78, 5) is 19.4. The van der Waals surface area contributed by atoms with Gasteiger partial charge in [0, 0.05) is 5.56 Å². The second-order valence-electron chi connectivity index (χ2n) is 3.76. The molecule has 0 atom stereocenters. The van der Waals surface area contributed by atoms with Crippen LogP contribution in [-0.4, -0.2) is 21.0 Å². The van der Waals surface area contributed by atoms with Gasteiger partial charge in [-0.3, -0.25) is 4.79 Å². The van der Waals surface area contributed by atoms with E-state index in [1.54, 1.807) is 24.3 Å². The Morgan fingerprint density at radius 2 is 1.89 bits per heavy atom. The minimum atomic E-state index is -0.406. The first-order chi connectivity index (χ1) is 9.19. The van der Waals surface area contributed by atoms with Gasteiger partial charge in [0.2, 0.25) is 0 Å². The number of rotatable bonds is 4. The molecule has 1 N–H and O–H groups in total. The van der Waals surface area contributed by atoms with Gasteiger partial charge in [0.15, 0.2) is 11.6 Å². The molecule has 5 heteroatoms. The normalized spacial score (nSPS) is 9.89. The van der Waals surface area contributed by atoms with Gasteiger partial charge >= 0.3 is 5.97 Å². The predicted octanol–water partition coefficient (Wildman–Crippen LogP) is 2.33. The highest BCUT2D eigenvalue weighted by atomic mass is 16.5. The third-order valence-electron chi connectivity index (χ3n) is 2.30. The number of aromatic hydroxyl groups is 1. The minimum absolute atomic E-state index is 0.139. The number of carbonyl (C=O) groups excluding carboxylic acids is 1. The molecule has 0 bridgehead atoms. The standard InChI is InChI=1S/C14H12N2O3/c1-2-3-13(18)19-12-8-15-14(16-9-12)10-4-6-11(17)7-5-10/h2,4-9,17H,1,3H2. The highest BCUT2D eigenvalue weighted by molar-refractivity contribution is 5.73. The van der Waals surface area contributed by atoms with Gasteiger partial charge in [0.05, 0.1) is 18.8 Å². The first-order valence-corrected chi connectivity index (χ1v) is 5.62. The van der Waals surface area contributed by atoms with E-state index in [-0.39, 0.29) is 17.9 Å². The van der Waals surface area contributed by atoms with E-state index in [0.717, 1.165) is 5.56 Å². The predicted molar refractivity (Wildman–Crippen MR) is 69.6 cm³/mol. The van der Waals surface area contributed by atoms with Crippen LogP contribution in [0.2, 0.25) is 0 Å². The Balaban J connectivity index is 2.12. The summed E-state index contributed by atoms with van der Waals surface area (Å²) in [6, 6.07) is 6.51. The van der Waals surface area contributed by atoms with Crippen molar-refractivity contribution in [2.45, 2.75) is 6.42 Å². The molecule has 0 unspecified atom stereocenters. The summed E-state index contributed by atoms with van der Waals surface area (Å²) in [6.45, 7) is 3.45. The number of hydrogen-bond acceptors (Lipinski definition) is 5. The van der Waals surface area contributed by atoms with Gasteiger partial charge in [-0.25, -0.2) is 9.97 Å². The van der Waals surface area contributed by atoms with Crippen LogP contribution in [0.5, 0.6) is 11.5 Å². The topological polar surface area (TPSA) is 72.3 Å². The smallest absolute Gasteiger partial charge is 0.315 e. The molecule has 96 valence electrons. The van der Waals surface area contributed by atoms with Gasteiger partial charge in [-0.1, -0.05) is 6.08 Å². The van der Waals surface area contributed by atoms with Crippen LogP contribution in [0.3, 0.4) is 0 Å². The first-order valence-electron chi connectivity index (χ1n) is 5.62. The number of ether oxygens (including phenoxy) is 1. The maximum Gasteiger partial charge on any atom is 0.315 e. The number of benzene rings is 1. The summed E-state index contributed by atoms with van der Waals surface area (Å²) in [5.74, 6) is 0.549. The van der Waals surface area contributed by atoms with E-state index in [1.165, 1.54) is 18.5 Å². The molecule has 0 fully saturated rings. The van der Waals surface area contributed by atoms with Crippen LogP contribution in [-0.2, 0) is 4.79 Å². The van der Waals surface area contributed by atoms with Gasteiger partial charge in [-0.05, 0) is 24.3 Å². The monoisotopic (exact) mass is 256 g/mol. The van der Waals surface area contributed by atoms with E-state index in [1.807, 2.05) is 0 Å². The van der Waals surface area contributed by atoms with E-state index >= 15 is 0 Å². The Morgan fingerprint density at radius 3 is 2.47 bits per heavy atom. The maximum atomic E-state index is 11.2. The second-order valence-corrected chi connectivity index (χ2v) is 3.76. The molecule has 0 spiro atoms. The summed E-state index contributed by atoms with van der Waals surface area (Å²) in [6.07, 6.45) is 4.46. The van der Waals surface area contributed by atoms with Gasteiger partial charge in [-0.2, -0.15) is 0 Å². The van der Waals surface area contributed by atoms with Crippen molar-refractivity contribution in [1.82, 2.24) is 9.97 Å². The molecule has 0 aliphatic heterocycles. The molecule has 0 aliphatic rings. The molecule has 0 saturated heterocycles. The summed E-state index contributed by atoms with van der Waals surface area (Å²) >= 11 is 0. The molecule has 1 heterocycles. The number of phenolic OH excluding ortho intramolecular Hbond substituents is 1. The quantitative estimate of drug-likeness (QED) is 0.671. The molecular weight excluding hydrogens is 244 g/mol. The molecule has 0 saturated carbocycles. The summed E-state index contributed by atoms with van der Waals surface area (Å²) < 4.78 is 4.99. The van der Waals surface area contributed by atoms with Crippen LogP contribution >= 0.6 is 0 Å². The van der Waals surface area contributed by atoms with E-state index in [9.17, 15) is 9.90 Å². The van der Waals surface area contributed by atoms with Crippen molar-refractivity contribution in [3.63, 3.8) is 0 Å². The van der Waals surface area contributed by atoms with Crippen LogP contribution in [0.15, 0.2) is 49.3 Å². The lowest BCUT2D eigenvalue weighted by Gasteiger charge is -2.03. The molecule has 2 aromatic rings. The van der Waals surface area contributed by atoms with Crippen LogP contribution in [0.25, 0.3) is 11.4 Å². The fourth-order valence-corrected chi connectivity index (χ4v) is 1.42. The molecule has 0 aliphatic carbocycles. The van der Waals surface area contributed by atoms with Gasteiger partial charge in [-0.15, -0.1) is 6.58 Å². The van der Waals surface area contributed by atoms with Crippen molar-refractivity contribution in [2.24, 2.45) is 0 Å². The molecule has 1 aromatic heterocycles. The van der Waals surface area contributed by atoms with Crippen LogP contribution in [0.1, 0.15) is 6.42 Å². The fraction of sp³-hybridized carbons (Fsp3) is 0.0714. The highest BCUT2D eigenvalue weighted by Crippen LogP contribution is 2.19. The number of esters is 1. The molecular formula is C14H12N2O3. The molecule has 2 rings (SSSR count). The van der Waals surface area contributed by atoms with Gasteiger partial charge in [0.1, 0.15) is 5.75 Å². The Kier molecular flexibility index (Phi) is 3.87. The Morgan fingerprint density at radius 1 is 1.26 bits per heavy atom. The van der Waals surface area contributed by atoms with Gasteiger partial charge in [0.25, 0.3) is 0 Å². The highest BCUT2D eigenvalue weighted by Gasteiger charge is 2.05. The first kappa shape index (κ1) is 12.8. The summed E-state index contributed by atoms with van der Waals surface area (Å²) in [5, 5.41) is 9.19. The van der Waals surface area contributed by atoms with Crippen molar-refractivity contribution < 1.29 is 14.6 Å². The number of carbonyl (C=O) groups is 1. The number of hydrogen-bond donors (Lipinski definition) is 1. The zero-order chi connectivity index (χ0) is 13.7. The summed E-state index contributed by atoms with van der Waals surface area (Å²) in [5.41, 5.74) is 0.766. The molecule has 0 amide bonds. The van der Waals surface area contributed by atoms with Crippen LogP contribution in [0.4, 0.5) is 0 Å². The van der Waals surface area contributed by atoms with E-state index in [4.69, 9.17) is 4.74 Å². The zero-order valence-corrected chi connectivity index (χ0v) is 10.1. The molecule has 5 nitrogen and oxygen atoms in total. The minimum Gasteiger partial charge on any atom is -0.508 e. The Labute approximate surface area is 110 Å². The number of aromatic nitrogens is 2. The average Bonchev–Trinajstić information content (AvgIpc) is 2.41. The van der Waals surface area contributed by atoms with Crippen molar-refractivity contribution in [2.75, 3.05) is 0 Å². The van der Waals surface area contributed by atoms with Crippen LogP contribution < -0.4 is 4.74 Å². The zero-order valence-electron chi connectivity index (χ0n) is 10.1. The Bertz CT molecular complexity index is 577. The largest absolute Gasteiger partial charge is 0.508 e. The maximum absolute atomic E-state index is 11.2. The number of phenols is 1. The lowest BCUT2D eigenvalue weighted by molar-refractivity contribution is -0.133. The van der Waals surface area contributed by atoms with Crippen LogP contribution in [0, 0.1) is 0 Å². The molecule has 1 aromatic carbocycles.